The molecular weight excluding hydrogens is 473 g/mol. The van der Waals surface area contributed by atoms with Gasteiger partial charge in [0.2, 0.25) is 0 Å². The number of likely N-dealkylation sites (N-methyl/N-ethyl adjacent to an activating group) is 2. The van der Waals surface area contributed by atoms with E-state index in [2.05, 4.69) is 27.6 Å². The van der Waals surface area contributed by atoms with Gasteiger partial charge in [-0.3, -0.25) is 4.99 Å². The molecule has 28 heavy (non-hydrogen) atoms. The van der Waals surface area contributed by atoms with Gasteiger partial charge < -0.3 is 29.9 Å². The van der Waals surface area contributed by atoms with E-state index in [1.807, 2.05) is 34.6 Å². The number of hydrogen-bond acceptors (Lipinski definition) is 5. The second-order valence-corrected chi connectivity index (χ2v) is 7.40. The lowest BCUT2D eigenvalue weighted by molar-refractivity contribution is 0.0264. The van der Waals surface area contributed by atoms with Crippen LogP contribution in [0.25, 0.3) is 0 Å². The Balaban J connectivity index is 0. The van der Waals surface area contributed by atoms with Crippen LogP contribution in [-0.4, -0.2) is 94.0 Å². The van der Waals surface area contributed by atoms with Crippen LogP contribution >= 0.6 is 24.0 Å². The number of halogens is 1. The van der Waals surface area contributed by atoms with E-state index in [0.717, 1.165) is 38.6 Å². The van der Waals surface area contributed by atoms with Crippen LogP contribution in [0, 0.1) is 0 Å². The molecule has 1 amide bonds. The van der Waals surface area contributed by atoms with Gasteiger partial charge in [-0.15, -0.1) is 24.0 Å². The first-order valence-corrected chi connectivity index (χ1v) is 9.91. The van der Waals surface area contributed by atoms with Gasteiger partial charge in [-0.1, -0.05) is 0 Å². The summed E-state index contributed by atoms with van der Waals surface area (Å²) in [4.78, 5) is 20.7. The lowest BCUT2D eigenvalue weighted by Gasteiger charge is -2.26. The Kier molecular flexibility index (Phi) is 17.9. The highest BCUT2D eigenvalue weighted by Crippen LogP contribution is 2.09. The molecule has 0 heterocycles. The number of guanidine groups is 1. The molecule has 0 radical (unpaired) electrons. The molecule has 0 aromatic heterocycles. The molecule has 2 N–H and O–H groups in total. The lowest BCUT2D eigenvalue weighted by Crippen LogP contribution is -2.44. The highest BCUT2D eigenvalue weighted by molar-refractivity contribution is 14.0. The average molecular weight is 515 g/mol. The van der Waals surface area contributed by atoms with Crippen LogP contribution in [-0.2, 0) is 9.47 Å². The Bertz CT molecular complexity index is 430. The summed E-state index contributed by atoms with van der Waals surface area (Å²) in [6.07, 6.45) is 0.735. The first-order valence-electron chi connectivity index (χ1n) is 9.91. The van der Waals surface area contributed by atoms with Crippen LogP contribution in [0.4, 0.5) is 4.79 Å². The fourth-order valence-electron chi connectivity index (χ4n) is 2.28. The number of hydrogen-bond donors (Lipinski definition) is 2. The number of carbonyl (C=O) groups is 1. The lowest BCUT2D eigenvalue weighted by atomic mass is 10.2. The molecule has 9 heteroatoms. The van der Waals surface area contributed by atoms with Crippen molar-refractivity contribution in [2.75, 3.05) is 66.6 Å². The quantitative estimate of drug-likeness (QED) is 0.180. The molecule has 0 aliphatic heterocycles. The summed E-state index contributed by atoms with van der Waals surface area (Å²) >= 11 is 0. The van der Waals surface area contributed by atoms with Crippen molar-refractivity contribution in [3.8, 4) is 0 Å². The molecular formula is C19H42IN5O3. The summed E-state index contributed by atoms with van der Waals surface area (Å²) in [7, 11) is 3.81. The summed E-state index contributed by atoms with van der Waals surface area (Å²) in [5.74, 6) is 0.767. The van der Waals surface area contributed by atoms with Crippen molar-refractivity contribution in [1.82, 2.24) is 20.4 Å². The molecule has 0 unspecified atom stereocenters. The number of methoxy groups -OCH3 is 1. The maximum absolute atomic E-state index is 12.2. The third kappa shape index (κ3) is 16.2. The number of ether oxygens (including phenoxy) is 2. The largest absolute Gasteiger partial charge is 0.444 e. The second-order valence-electron chi connectivity index (χ2n) is 7.40. The summed E-state index contributed by atoms with van der Waals surface area (Å²) in [6, 6.07) is 0. The standard InChI is InChI=1S/C19H41N5O3.HI/c1-8-20-17(21-11-14-23(6)13-10-16-26-7)22-12-15-24(9-2)18(25)27-19(3,4)5;/h8-16H2,1-7H3,(H2,20,21,22);1H. The zero-order valence-corrected chi connectivity index (χ0v) is 21.2. The summed E-state index contributed by atoms with van der Waals surface area (Å²) in [6.45, 7) is 15.6. The Morgan fingerprint density at radius 1 is 1.11 bits per heavy atom. The van der Waals surface area contributed by atoms with E-state index in [4.69, 9.17) is 9.47 Å². The predicted octanol–water partition coefficient (Wildman–Crippen LogP) is 2.38. The first-order chi connectivity index (χ1) is 12.7. The van der Waals surface area contributed by atoms with Gasteiger partial charge in [0.25, 0.3) is 0 Å². The minimum Gasteiger partial charge on any atom is -0.444 e. The van der Waals surface area contributed by atoms with E-state index in [0.29, 0.717) is 26.2 Å². The van der Waals surface area contributed by atoms with E-state index >= 15 is 0 Å². The van der Waals surface area contributed by atoms with Gasteiger partial charge in [0.05, 0.1) is 6.54 Å². The number of amides is 1. The molecule has 0 spiro atoms. The van der Waals surface area contributed by atoms with E-state index < -0.39 is 5.60 Å². The fraction of sp³-hybridized carbons (Fsp3) is 0.895. The number of aliphatic imine (C=N–C) groups is 1. The third-order valence-electron chi connectivity index (χ3n) is 3.69. The maximum Gasteiger partial charge on any atom is 0.410 e. The topological polar surface area (TPSA) is 78.4 Å². The predicted molar refractivity (Wildman–Crippen MR) is 127 cm³/mol. The zero-order valence-electron chi connectivity index (χ0n) is 18.8. The Morgan fingerprint density at radius 3 is 2.32 bits per heavy atom. The number of carbonyl (C=O) groups excluding carboxylic acids is 1. The molecule has 0 fully saturated rings. The molecule has 0 atom stereocenters. The van der Waals surface area contributed by atoms with E-state index in [1.54, 1.807) is 12.0 Å². The Labute approximate surface area is 188 Å². The average Bonchev–Trinajstić information content (AvgIpc) is 2.57. The smallest absolute Gasteiger partial charge is 0.410 e. The zero-order chi connectivity index (χ0) is 20.7. The molecule has 0 rings (SSSR count). The highest BCUT2D eigenvalue weighted by Gasteiger charge is 2.20. The van der Waals surface area contributed by atoms with Crippen molar-refractivity contribution in [2.45, 2.75) is 46.6 Å². The van der Waals surface area contributed by atoms with Gasteiger partial charge in [-0.25, -0.2) is 4.79 Å². The fourth-order valence-corrected chi connectivity index (χ4v) is 2.28. The number of nitrogens with zero attached hydrogens (tertiary/aromatic N) is 3. The summed E-state index contributed by atoms with van der Waals surface area (Å²) in [5, 5.41) is 6.51. The van der Waals surface area contributed by atoms with Gasteiger partial charge in [0.1, 0.15) is 5.60 Å². The first kappa shape index (κ1) is 29.4. The van der Waals surface area contributed by atoms with Gasteiger partial charge in [0.15, 0.2) is 5.96 Å². The van der Waals surface area contributed by atoms with Gasteiger partial charge >= 0.3 is 6.09 Å². The van der Waals surface area contributed by atoms with E-state index in [9.17, 15) is 4.79 Å². The van der Waals surface area contributed by atoms with Crippen molar-refractivity contribution >= 4 is 36.0 Å². The van der Waals surface area contributed by atoms with Crippen LogP contribution < -0.4 is 10.6 Å². The molecule has 0 saturated heterocycles. The normalized spacial score (nSPS) is 11.8. The van der Waals surface area contributed by atoms with Gasteiger partial charge in [-0.05, 0) is 48.1 Å². The number of rotatable bonds is 12. The van der Waals surface area contributed by atoms with Crippen molar-refractivity contribution in [3.05, 3.63) is 0 Å². The maximum atomic E-state index is 12.2. The molecule has 0 aliphatic carbocycles. The van der Waals surface area contributed by atoms with Crippen LogP contribution in [0.5, 0.6) is 0 Å². The van der Waals surface area contributed by atoms with Gasteiger partial charge in [-0.2, -0.15) is 0 Å². The molecule has 8 nitrogen and oxygen atoms in total. The van der Waals surface area contributed by atoms with E-state index in [1.165, 1.54) is 0 Å². The minimum atomic E-state index is -0.483. The van der Waals surface area contributed by atoms with Gasteiger partial charge in [0, 0.05) is 53.0 Å². The molecule has 0 aromatic rings. The van der Waals surface area contributed by atoms with Crippen LogP contribution in [0.2, 0.25) is 0 Å². The molecule has 0 aromatic carbocycles. The molecule has 168 valence electrons. The number of nitrogens with one attached hydrogen (secondary N) is 2. The van der Waals surface area contributed by atoms with Crippen LogP contribution in [0.15, 0.2) is 4.99 Å². The molecule has 0 saturated carbocycles. The monoisotopic (exact) mass is 515 g/mol. The van der Waals surface area contributed by atoms with Crippen LogP contribution in [0.1, 0.15) is 41.0 Å². The van der Waals surface area contributed by atoms with Crippen LogP contribution in [0.3, 0.4) is 0 Å². The van der Waals surface area contributed by atoms with Crippen molar-refractivity contribution in [2.24, 2.45) is 4.99 Å². The summed E-state index contributed by atoms with van der Waals surface area (Å²) < 4.78 is 10.5. The minimum absolute atomic E-state index is 0. The molecule has 0 bridgehead atoms. The Hall–Kier alpha value is -0.810. The summed E-state index contributed by atoms with van der Waals surface area (Å²) in [5.41, 5.74) is -0.483. The highest BCUT2D eigenvalue weighted by atomic mass is 127. The molecule has 0 aliphatic rings. The van der Waals surface area contributed by atoms with Crippen molar-refractivity contribution < 1.29 is 14.3 Å². The van der Waals surface area contributed by atoms with Crippen molar-refractivity contribution in [3.63, 3.8) is 0 Å². The Morgan fingerprint density at radius 2 is 1.79 bits per heavy atom. The van der Waals surface area contributed by atoms with Crippen molar-refractivity contribution in [1.29, 1.82) is 0 Å². The second kappa shape index (κ2) is 17.1. The third-order valence-corrected chi connectivity index (χ3v) is 3.69. The SMILES string of the molecule is CCNC(=NCCN(C)CCCOC)NCCN(CC)C(=O)OC(C)(C)C.I. The van der Waals surface area contributed by atoms with E-state index in [-0.39, 0.29) is 30.1 Å².